The summed E-state index contributed by atoms with van der Waals surface area (Å²) in [5.74, 6) is -1.12. The number of hydrogen-bond acceptors (Lipinski definition) is 3. The van der Waals surface area contributed by atoms with Crippen molar-refractivity contribution in [2.45, 2.75) is 38.2 Å². The Kier molecular flexibility index (Phi) is 4.20. The molecule has 2 aromatic rings. The number of benzene rings is 2. The molecular formula is C26H26NO4+. The zero-order valence-corrected chi connectivity index (χ0v) is 17.4. The van der Waals surface area contributed by atoms with E-state index in [0.29, 0.717) is 19.6 Å². The Labute approximate surface area is 181 Å². The third kappa shape index (κ3) is 2.63. The smallest absolute Gasteiger partial charge is 0.313 e. The predicted octanol–water partition coefficient (Wildman–Crippen LogP) is 4.58. The van der Waals surface area contributed by atoms with Gasteiger partial charge in [-0.15, -0.1) is 4.65 Å². The van der Waals surface area contributed by atoms with E-state index < -0.39 is 11.9 Å². The van der Waals surface area contributed by atoms with Gasteiger partial charge in [-0.3, -0.25) is 9.59 Å². The summed E-state index contributed by atoms with van der Waals surface area (Å²) in [5.41, 5.74) is 5.24. The summed E-state index contributed by atoms with van der Waals surface area (Å²) in [6, 6.07) is 18.0. The number of nitrogens with zero attached hydrogens (tertiary/aromatic N) is 1. The second-order valence-corrected chi connectivity index (χ2v) is 9.36. The Hall–Kier alpha value is -2.76. The molecule has 4 aliphatic rings. The molecule has 2 heterocycles. The van der Waals surface area contributed by atoms with Crippen molar-refractivity contribution in [3.8, 4) is 0 Å². The van der Waals surface area contributed by atoms with Gasteiger partial charge in [-0.25, -0.2) is 0 Å². The van der Waals surface area contributed by atoms with E-state index in [0.717, 1.165) is 41.8 Å². The van der Waals surface area contributed by atoms with E-state index in [2.05, 4.69) is 0 Å². The number of aliphatic carboxylic acids is 1. The summed E-state index contributed by atoms with van der Waals surface area (Å²) in [5, 5.41) is 10.2. The van der Waals surface area contributed by atoms with Crippen molar-refractivity contribution >= 4 is 17.4 Å². The van der Waals surface area contributed by atoms with Gasteiger partial charge in [0.05, 0.1) is 0 Å². The standard InChI is InChI=1S/C26H25NO4/c28-22-13-17-9-6-11-18-20(26(29)30)14-27(31-15-16-7-2-1-3-8-16)21-12-5-4-10-19(21)24(22)25(27)23(17)18/h1-5,7-8,10,12,17-18,20,24H,6,9,11,13-15H2/p+1. The number of carbonyl (C=O) groups excluding carboxylic acids is 1. The number of Topliss-reactive ketones (excluding diaryl/α,β-unsaturated/α-hetero) is 1. The van der Waals surface area contributed by atoms with Crippen LogP contribution in [0, 0.1) is 17.8 Å². The SMILES string of the molecule is O=C1CC2CCCC3C2=C2C1c1ccccc1[N+]2(OCc1ccccc1)CC3C(=O)O. The largest absolute Gasteiger partial charge is 0.481 e. The molecule has 0 saturated heterocycles. The van der Waals surface area contributed by atoms with Gasteiger partial charge in [0.1, 0.15) is 25.0 Å². The number of allylic oxidation sites excluding steroid dienone is 2. The lowest BCUT2D eigenvalue weighted by molar-refractivity contribution is -0.169. The highest BCUT2D eigenvalue weighted by atomic mass is 16.7. The quantitative estimate of drug-likeness (QED) is 0.741. The summed E-state index contributed by atoms with van der Waals surface area (Å²) in [6.07, 6.45) is 3.38. The number of hydroxylamine groups is 2. The highest BCUT2D eigenvalue weighted by Crippen LogP contribution is 2.61. The Morgan fingerprint density at radius 1 is 1.06 bits per heavy atom. The van der Waals surface area contributed by atoms with Gasteiger partial charge in [0.25, 0.3) is 0 Å². The minimum Gasteiger partial charge on any atom is -0.481 e. The second kappa shape index (κ2) is 6.87. The molecule has 1 fully saturated rings. The maximum Gasteiger partial charge on any atom is 0.313 e. The molecular weight excluding hydrogens is 390 g/mol. The van der Waals surface area contributed by atoms with E-state index in [4.69, 9.17) is 4.84 Å². The van der Waals surface area contributed by atoms with E-state index >= 15 is 0 Å². The number of carbonyl (C=O) groups is 2. The van der Waals surface area contributed by atoms with Crippen LogP contribution in [0.1, 0.15) is 42.7 Å². The Balaban J connectivity index is 1.58. The zero-order chi connectivity index (χ0) is 21.2. The average molecular weight is 416 g/mol. The summed E-state index contributed by atoms with van der Waals surface area (Å²) in [4.78, 5) is 32.5. The first kappa shape index (κ1) is 19.0. The lowest BCUT2D eigenvalue weighted by atomic mass is 9.62. The maximum absolute atomic E-state index is 13.4. The molecule has 0 aromatic heterocycles. The summed E-state index contributed by atoms with van der Waals surface area (Å²) in [7, 11) is 0. The van der Waals surface area contributed by atoms with Crippen LogP contribution in [-0.2, 0) is 21.0 Å². The van der Waals surface area contributed by atoms with Gasteiger partial charge in [-0.05, 0) is 29.9 Å². The van der Waals surface area contributed by atoms with Crippen molar-refractivity contribution in [3.05, 3.63) is 77.0 Å². The van der Waals surface area contributed by atoms with Gasteiger partial charge >= 0.3 is 5.97 Å². The van der Waals surface area contributed by atoms with Crippen LogP contribution in [0.3, 0.4) is 0 Å². The molecule has 2 aromatic carbocycles. The van der Waals surface area contributed by atoms with Crippen LogP contribution in [0.15, 0.2) is 65.9 Å². The van der Waals surface area contributed by atoms with E-state index in [-0.39, 0.29) is 28.2 Å². The molecule has 5 unspecified atom stereocenters. The lowest BCUT2D eigenvalue weighted by Crippen LogP contribution is -2.58. The number of carboxylic acids is 1. The molecule has 5 atom stereocenters. The van der Waals surface area contributed by atoms with E-state index in [1.54, 1.807) is 0 Å². The molecule has 6 rings (SSSR count). The monoisotopic (exact) mass is 416 g/mol. The Morgan fingerprint density at radius 2 is 1.84 bits per heavy atom. The molecule has 158 valence electrons. The molecule has 2 aliphatic heterocycles. The average Bonchev–Trinajstić information content (AvgIpc) is 3.09. The number of fused-ring (bicyclic) bond motifs is 3. The van der Waals surface area contributed by atoms with Crippen molar-refractivity contribution < 1.29 is 19.5 Å². The molecule has 31 heavy (non-hydrogen) atoms. The van der Waals surface area contributed by atoms with Crippen LogP contribution in [-0.4, -0.2) is 23.4 Å². The van der Waals surface area contributed by atoms with Gasteiger partial charge in [-0.2, -0.15) is 4.84 Å². The van der Waals surface area contributed by atoms with Crippen LogP contribution in [0.5, 0.6) is 0 Å². The number of carboxylic acid groups (broad SMARTS) is 1. The fourth-order valence-corrected chi connectivity index (χ4v) is 6.64. The van der Waals surface area contributed by atoms with Gasteiger partial charge in [0.15, 0.2) is 17.2 Å². The molecule has 0 bridgehead atoms. The van der Waals surface area contributed by atoms with E-state index in [1.807, 2.05) is 54.6 Å². The fraction of sp³-hybridized carbons (Fsp3) is 0.385. The highest BCUT2D eigenvalue weighted by Gasteiger charge is 2.64. The number of para-hydroxylation sites is 1. The Morgan fingerprint density at radius 3 is 2.65 bits per heavy atom. The van der Waals surface area contributed by atoms with E-state index in [1.165, 1.54) is 5.57 Å². The third-order valence-electron chi connectivity index (χ3n) is 7.82. The van der Waals surface area contributed by atoms with Gasteiger partial charge in [0, 0.05) is 24.0 Å². The normalized spacial score (nSPS) is 33.1. The van der Waals surface area contributed by atoms with Crippen molar-refractivity contribution in [2.24, 2.45) is 17.8 Å². The Bertz CT molecular complexity index is 1110. The molecule has 2 aliphatic carbocycles. The van der Waals surface area contributed by atoms with Crippen LogP contribution < -0.4 is 4.65 Å². The lowest BCUT2D eigenvalue weighted by Gasteiger charge is -2.48. The summed E-state index contributed by atoms with van der Waals surface area (Å²) in [6.45, 7) is 0.716. The van der Waals surface area contributed by atoms with Crippen LogP contribution in [0.2, 0.25) is 0 Å². The number of quaternary nitrogens is 1. The van der Waals surface area contributed by atoms with Gasteiger partial charge in [-0.1, -0.05) is 55.0 Å². The van der Waals surface area contributed by atoms with Crippen molar-refractivity contribution in [1.82, 2.24) is 4.65 Å². The molecule has 0 amide bonds. The molecule has 5 nitrogen and oxygen atoms in total. The molecule has 0 spiro atoms. The van der Waals surface area contributed by atoms with Crippen LogP contribution in [0.25, 0.3) is 0 Å². The van der Waals surface area contributed by atoms with Crippen LogP contribution in [0.4, 0.5) is 5.69 Å². The highest BCUT2D eigenvalue weighted by molar-refractivity contribution is 5.96. The molecule has 5 heteroatoms. The first-order chi connectivity index (χ1) is 15.1. The second-order valence-electron chi connectivity index (χ2n) is 9.36. The topological polar surface area (TPSA) is 63.6 Å². The first-order valence-electron chi connectivity index (χ1n) is 11.3. The van der Waals surface area contributed by atoms with E-state index in [9.17, 15) is 14.7 Å². The van der Waals surface area contributed by atoms with Gasteiger partial charge in [0.2, 0.25) is 0 Å². The van der Waals surface area contributed by atoms with Crippen molar-refractivity contribution in [3.63, 3.8) is 0 Å². The van der Waals surface area contributed by atoms with Gasteiger partial charge < -0.3 is 5.11 Å². The molecule has 1 N–H and O–H groups in total. The number of ketones is 1. The van der Waals surface area contributed by atoms with Crippen molar-refractivity contribution in [2.75, 3.05) is 6.54 Å². The van der Waals surface area contributed by atoms with Crippen molar-refractivity contribution in [1.29, 1.82) is 0 Å². The summed E-state index contributed by atoms with van der Waals surface area (Å²) >= 11 is 0. The third-order valence-corrected chi connectivity index (χ3v) is 7.82. The number of rotatable bonds is 4. The minimum absolute atomic E-state index is 0.0164. The maximum atomic E-state index is 13.4. The van der Waals surface area contributed by atoms with Crippen LogP contribution >= 0.6 is 0 Å². The first-order valence-corrected chi connectivity index (χ1v) is 11.3. The predicted molar refractivity (Wildman–Crippen MR) is 116 cm³/mol. The number of hydrogen-bond donors (Lipinski definition) is 1. The molecule has 1 saturated carbocycles. The summed E-state index contributed by atoms with van der Waals surface area (Å²) < 4.78 is 0.0702. The molecule has 0 radical (unpaired) electrons. The minimum atomic E-state index is -0.754. The fourth-order valence-electron chi connectivity index (χ4n) is 6.64. The zero-order valence-electron chi connectivity index (χ0n) is 17.4.